The van der Waals surface area contributed by atoms with Crippen molar-refractivity contribution < 1.29 is 17.0 Å². The second kappa shape index (κ2) is 6.26. The first-order chi connectivity index (χ1) is 8.34. The van der Waals surface area contributed by atoms with E-state index in [1.807, 2.05) is 0 Å². The number of halogens is 1. The van der Waals surface area contributed by atoms with Gasteiger partial charge in [0.2, 0.25) is 10.0 Å². The Balaban J connectivity index is 2.75. The van der Waals surface area contributed by atoms with Crippen molar-refractivity contribution in [3.8, 4) is 0 Å². The van der Waals surface area contributed by atoms with Crippen LogP contribution >= 0.6 is 0 Å². The van der Waals surface area contributed by atoms with Gasteiger partial charge in [0.05, 0.1) is 5.69 Å². The fourth-order valence-electron chi connectivity index (χ4n) is 1.31. The van der Waals surface area contributed by atoms with E-state index in [4.69, 9.17) is 5.73 Å². The molecule has 0 aromatic heterocycles. The van der Waals surface area contributed by atoms with Gasteiger partial charge in [-0.2, -0.15) is 0 Å². The number of hydrogen-bond donors (Lipinski definition) is 2. The third kappa shape index (κ3) is 4.04. The normalized spacial score (nSPS) is 13.4. The third-order valence-corrected chi connectivity index (χ3v) is 4.59. The summed E-state index contributed by atoms with van der Waals surface area (Å²) in [5.41, 5.74) is 4.98. The first-order valence-electron chi connectivity index (χ1n) is 5.18. The van der Waals surface area contributed by atoms with E-state index in [0.717, 1.165) is 6.07 Å². The lowest BCUT2D eigenvalue weighted by Crippen LogP contribution is -2.26. The lowest BCUT2D eigenvalue weighted by atomic mass is 10.3. The second-order valence-electron chi connectivity index (χ2n) is 3.68. The Bertz CT molecular complexity index is 546. The quantitative estimate of drug-likeness (QED) is 0.589. The molecule has 0 aliphatic heterocycles. The molecule has 0 heterocycles. The van der Waals surface area contributed by atoms with Crippen LogP contribution in [-0.4, -0.2) is 31.2 Å². The minimum absolute atomic E-state index is 0.137. The van der Waals surface area contributed by atoms with E-state index in [0.29, 0.717) is 12.2 Å². The Labute approximate surface area is 108 Å². The molecule has 1 aromatic rings. The van der Waals surface area contributed by atoms with Gasteiger partial charge in [-0.25, -0.2) is 17.5 Å². The SMILES string of the molecule is CS(=O)CCCNS(=O)(=O)c1cccc(F)c1N. The Morgan fingerprint density at radius 1 is 1.44 bits per heavy atom. The highest BCUT2D eigenvalue weighted by molar-refractivity contribution is 7.89. The molecule has 1 aromatic carbocycles. The average molecular weight is 294 g/mol. The van der Waals surface area contributed by atoms with Crippen LogP contribution in [0.15, 0.2) is 23.1 Å². The van der Waals surface area contributed by atoms with Crippen LogP contribution in [0.4, 0.5) is 10.1 Å². The molecular weight excluding hydrogens is 279 g/mol. The zero-order chi connectivity index (χ0) is 13.8. The maximum atomic E-state index is 13.1. The Morgan fingerprint density at radius 3 is 2.72 bits per heavy atom. The molecule has 0 aliphatic carbocycles. The van der Waals surface area contributed by atoms with Crippen molar-refractivity contribution in [2.75, 3.05) is 24.3 Å². The van der Waals surface area contributed by atoms with Crippen LogP contribution in [0.1, 0.15) is 6.42 Å². The Morgan fingerprint density at radius 2 is 2.11 bits per heavy atom. The standard InChI is InChI=1S/C10H15FN2O3S2/c1-17(14)7-3-6-13-18(15,16)9-5-2-4-8(11)10(9)12/h2,4-5,13H,3,6-7,12H2,1H3. The monoisotopic (exact) mass is 294 g/mol. The fourth-order valence-corrected chi connectivity index (χ4v) is 3.08. The van der Waals surface area contributed by atoms with Gasteiger partial charge in [0.25, 0.3) is 0 Å². The molecule has 5 nitrogen and oxygen atoms in total. The van der Waals surface area contributed by atoms with Crippen LogP contribution in [0.5, 0.6) is 0 Å². The predicted octanol–water partition coefficient (Wildman–Crippen LogP) is 0.455. The molecule has 1 unspecified atom stereocenters. The lowest BCUT2D eigenvalue weighted by molar-refractivity contribution is 0.578. The first kappa shape index (κ1) is 15.1. The maximum absolute atomic E-state index is 13.1. The van der Waals surface area contributed by atoms with E-state index in [1.54, 1.807) is 6.26 Å². The minimum Gasteiger partial charge on any atom is -0.395 e. The largest absolute Gasteiger partial charge is 0.395 e. The smallest absolute Gasteiger partial charge is 0.242 e. The summed E-state index contributed by atoms with van der Waals surface area (Å²) in [4.78, 5) is -0.278. The van der Waals surface area contributed by atoms with Gasteiger partial charge in [-0.3, -0.25) is 4.21 Å². The maximum Gasteiger partial charge on any atom is 0.242 e. The molecule has 102 valence electrons. The molecule has 1 atom stereocenters. The van der Waals surface area contributed by atoms with Crippen LogP contribution in [0.25, 0.3) is 0 Å². The molecule has 0 fully saturated rings. The second-order valence-corrected chi connectivity index (χ2v) is 6.97. The summed E-state index contributed by atoms with van der Waals surface area (Å²) in [6, 6.07) is 3.61. The van der Waals surface area contributed by atoms with E-state index < -0.39 is 32.3 Å². The third-order valence-electron chi connectivity index (χ3n) is 2.20. The molecule has 0 spiro atoms. The van der Waals surface area contributed by atoms with E-state index in [9.17, 15) is 17.0 Å². The summed E-state index contributed by atoms with van der Waals surface area (Å²) in [6.07, 6.45) is 1.98. The number of sulfonamides is 1. The van der Waals surface area contributed by atoms with Gasteiger partial charge in [-0.15, -0.1) is 0 Å². The molecule has 0 bridgehead atoms. The van der Waals surface area contributed by atoms with Gasteiger partial charge in [-0.1, -0.05) is 6.07 Å². The van der Waals surface area contributed by atoms with Crippen LogP contribution in [0, 0.1) is 5.82 Å². The number of nitrogens with two attached hydrogens (primary N) is 1. The molecule has 0 radical (unpaired) electrons. The molecule has 8 heteroatoms. The summed E-state index contributed by atoms with van der Waals surface area (Å²) >= 11 is 0. The highest BCUT2D eigenvalue weighted by Crippen LogP contribution is 2.20. The molecule has 0 saturated carbocycles. The van der Waals surface area contributed by atoms with Crippen molar-refractivity contribution >= 4 is 26.5 Å². The van der Waals surface area contributed by atoms with Crippen molar-refractivity contribution in [1.29, 1.82) is 0 Å². The van der Waals surface area contributed by atoms with E-state index in [2.05, 4.69) is 4.72 Å². The molecule has 0 amide bonds. The van der Waals surface area contributed by atoms with Gasteiger partial charge in [0.15, 0.2) is 0 Å². The van der Waals surface area contributed by atoms with Crippen molar-refractivity contribution in [3.05, 3.63) is 24.0 Å². The number of hydrogen-bond acceptors (Lipinski definition) is 4. The van der Waals surface area contributed by atoms with Crippen LogP contribution in [0.3, 0.4) is 0 Å². The van der Waals surface area contributed by atoms with Crippen molar-refractivity contribution in [2.24, 2.45) is 0 Å². The van der Waals surface area contributed by atoms with Crippen molar-refractivity contribution in [2.45, 2.75) is 11.3 Å². The number of nitrogens with one attached hydrogen (secondary N) is 1. The zero-order valence-corrected chi connectivity index (χ0v) is 11.5. The number of para-hydroxylation sites is 1. The number of nitrogen functional groups attached to an aromatic ring is 1. The lowest BCUT2D eigenvalue weighted by Gasteiger charge is -2.09. The fraction of sp³-hybridized carbons (Fsp3) is 0.400. The van der Waals surface area contributed by atoms with Gasteiger partial charge in [-0.05, 0) is 18.6 Å². The summed E-state index contributed by atoms with van der Waals surface area (Å²) in [5.74, 6) is -0.367. The van der Waals surface area contributed by atoms with Crippen LogP contribution < -0.4 is 10.5 Å². The molecule has 18 heavy (non-hydrogen) atoms. The van der Waals surface area contributed by atoms with Crippen molar-refractivity contribution in [1.82, 2.24) is 4.72 Å². The minimum atomic E-state index is -3.83. The first-order valence-corrected chi connectivity index (χ1v) is 8.39. The number of rotatable bonds is 6. The Hall–Kier alpha value is -0.990. The van der Waals surface area contributed by atoms with Crippen LogP contribution in [-0.2, 0) is 20.8 Å². The summed E-state index contributed by atoms with van der Waals surface area (Å²) < 4.78 is 49.9. The topological polar surface area (TPSA) is 89.3 Å². The summed E-state index contributed by atoms with van der Waals surface area (Å²) in [5, 5.41) is 0. The molecule has 0 saturated heterocycles. The predicted molar refractivity (Wildman–Crippen MR) is 69.6 cm³/mol. The van der Waals surface area contributed by atoms with Gasteiger partial charge in [0.1, 0.15) is 10.7 Å². The Kier molecular flexibility index (Phi) is 5.24. The molecule has 0 aliphatic rings. The van der Waals surface area contributed by atoms with Gasteiger partial charge in [0, 0.05) is 29.4 Å². The summed E-state index contributed by atoms with van der Waals surface area (Å²) in [6.45, 7) is 0.137. The van der Waals surface area contributed by atoms with E-state index >= 15 is 0 Å². The zero-order valence-electron chi connectivity index (χ0n) is 9.85. The van der Waals surface area contributed by atoms with E-state index in [1.165, 1.54) is 12.1 Å². The summed E-state index contributed by atoms with van der Waals surface area (Å²) in [7, 11) is -4.79. The number of benzene rings is 1. The average Bonchev–Trinajstić information content (AvgIpc) is 2.28. The highest BCUT2D eigenvalue weighted by atomic mass is 32.2. The van der Waals surface area contributed by atoms with Crippen LogP contribution in [0.2, 0.25) is 0 Å². The molecule has 3 N–H and O–H groups in total. The van der Waals surface area contributed by atoms with Gasteiger partial charge < -0.3 is 5.73 Å². The molecule has 1 rings (SSSR count). The highest BCUT2D eigenvalue weighted by Gasteiger charge is 2.18. The number of anilines is 1. The van der Waals surface area contributed by atoms with Crippen molar-refractivity contribution in [3.63, 3.8) is 0 Å². The van der Waals surface area contributed by atoms with E-state index in [-0.39, 0.29) is 11.4 Å². The van der Waals surface area contributed by atoms with Gasteiger partial charge >= 0.3 is 0 Å². The molecular formula is C10H15FN2O3S2.